The van der Waals surface area contributed by atoms with E-state index in [9.17, 15) is 4.57 Å². The average molecular weight is 290 g/mol. The quantitative estimate of drug-likeness (QED) is 0.385. The molecular weight excluding hydrogens is 263 g/mol. The van der Waals surface area contributed by atoms with Gasteiger partial charge < -0.3 is 13.9 Å². The minimum Gasteiger partial charge on any atom is -0.311 e. The molecular formula is C13H27N2O3P. The van der Waals surface area contributed by atoms with Crippen molar-refractivity contribution in [3.8, 4) is 6.07 Å². The fourth-order valence-electron chi connectivity index (χ4n) is 1.63. The van der Waals surface area contributed by atoms with Crippen LogP contribution in [0.2, 0.25) is 0 Å². The third-order valence-electron chi connectivity index (χ3n) is 2.73. The van der Waals surface area contributed by atoms with Crippen LogP contribution in [0.25, 0.3) is 0 Å². The van der Waals surface area contributed by atoms with E-state index in [2.05, 4.69) is 18.9 Å². The number of nitrogens with zero attached hydrogens (tertiary/aromatic N) is 2. The summed E-state index contributed by atoms with van der Waals surface area (Å²) in [6.07, 6.45) is 6.19. The number of nitriles is 1. The highest BCUT2D eigenvalue weighted by Gasteiger charge is 2.01. The van der Waals surface area contributed by atoms with Gasteiger partial charge in [0.15, 0.2) is 0 Å². The highest BCUT2D eigenvalue weighted by molar-refractivity contribution is 7.33. The molecule has 0 rings (SSSR count). The zero-order valence-corrected chi connectivity index (χ0v) is 13.2. The Morgan fingerprint density at radius 3 is 2.47 bits per heavy atom. The molecule has 0 fully saturated rings. The SMILES string of the molecule is CCCCCCN(C)CCCO[PH](=O)OCCC#N. The molecule has 0 aromatic carbocycles. The topological polar surface area (TPSA) is 62.6 Å². The molecule has 0 aliphatic carbocycles. The Labute approximate surface area is 117 Å². The van der Waals surface area contributed by atoms with Crippen LogP contribution in [0.5, 0.6) is 0 Å². The van der Waals surface area contributed by atoms with Crippen molar-refractivity contribution >= 4 is 8.25 Å². The molecule has 0 bridgehead atoms. The van der Waals surface area contributed by atoms with Gasteiger partial charge in [-0.2, -0.15) is 5.26 Å². The van der Waals surface area contributed by atoms with Gasteiger partial charge in [-0.15, -0.1) is 0 Å². The number of hydrogen-bond donors (Lipinski definition) is 0. The second kappa shape index (κ2) is 14.0. The minimum absolute atomic E-state index is 0.186. The van der Waals surface area contributed by atoms with Gasteiger partial charge in [0, 0.05) is 6.54 Å². The van der Waals surface area contributed by atoms with E-state index in [0.717, 1.165) is 19.5 Å². The van der Waals surface area contributed by atoms with Crippen LogP contribution in [-0.2, 0) is 13.6 Å². The Morgan fingerprint density at radius 2 is 1.79 bits per heavy atom. The molecule has 19 heavy (non-hydrogen) atoms. The lowest BCUT2D eigenvalue weighted by Gasteiger charge is -2.16. The van der Waals surface area contributed by atoms with E-state index in [1.54, 1.807) is 0 Å². The van der Waals surface area contributed by atoms with Crippen LogP contribution in [0.1, 0.15) is 45.4 Å². The minimum atomic E-state index is -2.40. The third kappa shape index (κ3) is 13.8. The summed E-state index contributed by atoms with van der Waals surface area (Å²) in [4.78, 5) is 2.27. The van der Waals surface area contributed by atoms with E-state index in [1.807, 2.05) is 6.07 Å². The smallest absolute Gasteiger partial charge is 0.311 e. The normalized spacial score (nSPS) is 12.5. The first-order chi connectivity index (χ1) is 9.20. The summed E-state index contributed by atoms with van der Waals surface area (Å²) < 4.78 is 21.2. The zero-order chi connectivity index (χ0) is 14.3. The number of unbranched alkanes of at least 4 members (excludes halogenated alkanes) is 3. The number of rotatable bonds is 13. The summed E-state index contributed by atoms with van der Waals surface area (Å²) in [6, 6.07) is 1.92. The van der Waals surface area contributed by atoms with Crippen LogP contribution < -0.4 is 0 Å². The van der Waals surface area contributed by atoms with Crippen molar-refractivity contribution in [1.29, 1.82) is 5.26 Å². The van der Waals surface area contributed by atoms with Crippen LogP contribution in [0, 0.1) is 11.3 Å². The Hall–Kier alpha value is -0.400. The van der Waals surface area contributed by atoms with E-state index in [4.69, 9.17) is 14.3 Å². The van der Waals surface area contributed by atoms with Crippen molar-refractivity contribution in [2.75, 3.05) is 33.4 Å². The van der Waals surface area contributed by atoms with Crippen molar-refractivity contribution in [2.45, 2.75) is 45.4 Å². The maximum Gasteiger partial charge on any atom is 0.319 e. The van der Waals surface area contributed by atoms with Crippen molar-refractivity contribution in [3.63, 3.8) is 0 Å². The van der Waals surface area contributed by atoms with Gasteiger partial charge in [0.25, 0.3) is 0 Å². The molecule has 0 radical (unpaired) electrons. The fourth-order valence-corrected chi connectivity index (χ4v) is 2.30. The van der Waals surface area contributed by atoms with Crippen molar-refractivity contribution in [3.05, 3.63) is 0 Å². The van der Waals surface area contributed by atoms with Gasteiger partial charge in [-0.3, -0.25) is 4.57 Å². The van der Waals surface area contributed by atoms with E-state index in [-0.39, 0.29) is 13.0 Å². The predicted molar refractivity (Wildman–Crippen MR) is 77.4 cm³/mol. The standard InChI is InChI=1S/C13H27N2O3P/c1-3-4-5-6-10-15(2)11-8-13-18-19(16)17-12-7-9-14/h19H,3-8,10-13H2,1-2H3. The van der Waals surface area contributed by atoms with Crippen LogP contribution in [-0.4, -0.2) is 38.3 Å². The predicted octanol–water partition coefficient (Wildman–Crippen LogP) is 3.23. The second-order valence-electron chi connectivity index (χ2n) is 4.57. The van der Waals surface area contributed by atoms with Crippen LogP contribution in [0.4, 0.5) is 0 Å². The highest BCUT2D eigenvalue weighted by Crippen LogP contribution is 2.23. The summed E-state index contributed by atoms with van der Waals surface area (Å²) in [5.74, 6) is 0. The number of hydrogen-bond acceptors (Lipinski definition) is 5. The highest BCUT2D eigenvalue weighted by atomic mass is 31.1. The summed E-state index contributed by atoms with van der Waals surface area (Å²) in [7, 11) is -0.308. The Morgan fingerprint density at radius 1 is 1.11 bits per heavy atom. The molecule has 0 saturated carbocycles. The molecule has 0 aromatic rings. The van der Waals surface area contributed by atoms with Gasteiger partial charge in [-0.25, -0.2) is 0 Å². The average Bonchev–Trinajstić information content (AvgIpc) is 2.40. The van der Waals surface area contributed by atoms with Gasteiger partial charge in [-0.05, 0) is 26.4 Å². The first kappa shape index (κ1) is 18.6. The molecule has 1 unspecified atom stereocenters. The summed E-state index contributed by atoms with van der Waals surface area (Å²) in [5, 5.41) is 8.29. The molecule has 1 atom stereocenters. The lowest BCUT2D eigenvalue weighted by molar-refractivity contribution is 0.214. The maximum absolute atomic E-state index is 11.2. The molecule has 0 aliphatic rings. The van der Waals surface area contributed by atoms with Gasteiger partial charge in [-0.1, -0.05) is 26.2 Å². The monoisotopic (exact) mass is 290 g/mol. The lowest BCUT2D eigenvalue weighted by Crippen LogP contribution is -2.21. The zero-order valence-electron chi connectivity index (χ0n) is 12.2. The van der Waals surface area contributed by atoms with Gasteiger partial charge in [0.2, 0.25) is 0 Å². The molecule has 6 heteroatoms. The van der Waals surface area contributed by atoms with Gasteiger partial charge >= 0.3 is 8.25 Å². The summed E-state index contributed by atoms with van der Waals surface area (Å²) in [5.41, 5.74) is 0. The van der Waals surface area contributed by atoms with Gasteiger partial charge in [0.05, 0.1) is 25.7 Å². The Balaban J connectivity index is 3.32. The Kier molecular flexibility index (Phi) is 13.7. The van der Waals surface area contributed by atoms with E-state index in [0.29, 0.717) is 6.61 Å². The van der Waals surface area contributed by atoms with Crippen molar-refractivity contribution in [1.82, 2.24) is 4.90 Å². The van der Waals surface area contributed by atoms with Crippen molar-refractivity contribution < 1.29 is 13.6 Å². The molecule has 0 aliphatic heterocycles. The molecule has 0 amide bonds. The molecule has 0 heterocycles. The van der Waals surface area contributed by atoms with Gasteiger partial charge in [0.1, 0.15) is 0 Å². The fraction of sp³-hybridized carbons (Fsp3) is 0.923. The molecule has 0 N–H and O–H groups in total. The third-order valence-corrected chi connectivity index (χ3v) is 3.61. The van der Waals surface area contributed by atoms with E-state index in [1.165, 1.54) is 25.7 Å². The lowest BCUT2D eigenvalue weighted by atomic mass is 10.2. The van der Waals surface area contributed by atoms with E-state index >= 15 is 0 Å². The molecule has 0 saturated heterocycles. The van der Waals surface area contributed by atoms with E-state index < -0.39 is 8.25 Å². The largest absolute Gasteiger partial charge is 0.319 e. The summed E-state index contributed by atoms with van der Waals surface area (Å²) >= 11 is 0. The molecule has 112 valence electrons. The first-order valence-electron chi connectivity index (χ1n) is 7.05. The van der Waals surface area contributed by atoms with Crippen molar-refractivity contribution in [2.24, 2.45) is 0 Å². The van der Waals surface area contributed by atoms with Crippen LogP contribution in [0.3, 0.4) is 0 Å². The Bertz CT molecular complexity index is 269. The maximum atomic E-state index is 11.2. The van der Waals surface area contributed by atoms with Crippen LogP contribution >= 0.6 is 8.25 Å². The molecule has 0 spiro atoms. The molecule has 5 nitrogen and oxygen atoms in total. The summed E-state index contributed by atoms with van der Waals surface area (Å²) in [6.45, 7) is 4.89. The first-order valence-corrected chi connectivity index (χ1v) is 8.28. The second-order valence-corrected chi connectivity index (χ2v) is 5.65. The molecule has 0 aromatic heterocycles. The van der Waals surface area contributed by atoms with Crippen LogP contribution in [0.15, 0.2) is 0 Å².